The lowest BCUT2D eigenvalue weighted by atomic mass is 9.82. The van der Waals surface area contributed by atoms with Crippen molar-refractivity contribution in [1.82, 2.24) is 0 Å². The van der Waals surface area contributed by atoms with Crippen LogP contribution >= 0.6 is 0 Å². The van der Waals surface area contributed by atoms with Crippen molar-refractivity contribution in [3.8, 4) is 0 Å². The maximum absolute atomic E-state index is 2.37. The van der Waals surface area contributed by atoms with Crippen molar-refractivity contribution < 1.29 is 0 Å². The second-order valence-corrected chi connectivity index (χ2v) is 4.97. The van der Waals surface area contributed by atoms with Crippen LogP contribution in [-0.4, -0.2) is 0 Å². The molecule has 2 aromatic rings. The van der Waals surface area contributed by atoms with E-state index in [-0.39, 0.29) is 0 Å². The topological polar surface area (TPSA) is 0 Å². The molecule has 0 aliphatic heterocycles. The van der Waals surface area contributed by atoms with E-state index in [2.05, 4.69) is 66.7 Å². The molecule has 0 aromatic heterocycles. The van der Waals surface area contributed by atoms with Crippen LogP contribution in [0.5, 0.6) is 0 Å². The molecular weight excluding hydrogens is 216 g/mol. The van der Waals surface area contributed by atoms with E-state index in [1.165, 1.54) is 36.0 Å². The molecule has 1 aliphatic carbocycles. The molecule has 0 N–H and O–H groups in total. The summed E-state index contributed by atoms with van der Waals surface area (Å²) in [5.74, 6) is 0.593. The largest absolute Gasteiger partial charge is 0.0764 e. The van der Waals surface area contributed by atoms with Crippen LogP contribution in [-0.2, 0) is 6.42 Å². The van der Waals surface area contributed by atoms with E-state index in [4.69, 9.17) is 0 Å². The minimum atomic E-state index is 0.593. The zero-order valence-corrected chi connectivity index (χ0v) is 10.5. The first-order chi connectivity index (χ1) is 8.93. The van der Waals surface area contributed by atoms with Gasteiger partial charge in [0.15, 0.2) is 0 Å². The van der Waals surface area contributed by atoms with Gasteiger partial charge >= 0.3 is 0 Å². The summed E-state index contributed by atoms with van der Waals surface area (Å²) >= 11 is 0. The molecule has 1 unspecified atom stereocenters. The SMILES string of the molecule is C(=CC1CCCc2ccccc21)c1ccccc1. The average molecular weight is 234 g/mol. The fourth-order valence-corrected chi connectivity index (χ4v) is 2.78. The van der Waals surface area contributed by atoms with Crippen LogP contribution in [0.3, 0.4) is 0 Å². The Bertz CT molecular complexity index is 537. The highest BCUT2D eigenvalue weighted by Crippen LogP contribution is 2.32. The Morgan fingerprint density at radius 2 is 1.67 bits per heavy atom. The maximum Gasteiger partial charge on any atom is 0.00241 e. The molecule has 0 spiro atoms. The van der Waals surface area contributed by atoms with Crippen molar-refractivity contribution in [3.05, 3.63) is 77.4 Å². The molecule has 0 fully saturated rings. The quantitative estimate of drug-likeness (QED) is 0.699. The lowest BCUT2D eigenvalue weighted by Gasteiger charge is -2.22. The summed E-state index contributed by atoms with van der Waals surface area (Å²) in [7, 11) is 0. The predicted octanol–water partition coefficient (Wildman–Crippen LogP) is 4.82. The summed E-state index contributed by atoms with van der Waals surface area (Å²) in [5.41, 5.74) is 4.35. The van der Waals surface area contributed by atoms with Crippen LogP contribution in [0.4, 0.5) is 0 Å². The summed E-state index contributed by atoms with van der Waals surface area (Å²) in [5, 5.41) is 0. The highest BCUT2D eigenvalue weighted by Gasteiger charge is 2.16. The van der Waals surface area contributed by atoms with Crippen molar-refractivity contribution in [3.63, 3.8) is 0 Å². The number of fused-ring (bicyclic) bond motifs is 1. The van der Waals surface area contributed by atoms with Crippen LogP contribution in [0.2, 0.25) is 0 Å². The molecule has 2 aromatic carbocycles. The smallest absolute Gasteiger partial charge is 0.00241 e. The first-order valence-electron chi connectivity index (χ1n) is 6.74. The fraction of sp³-hybridized carbons (Fsp3) is 0.222. The average Bonchev–Trinajstić information content (AvgIpc) is 2.46. The van der Waals surface area contributed by atoms with E-state index >= 15 is 0 Å². The van der Waals surface area contributed by atoms with E-state index in [9.17, 15) is 0 Å². The Morgan fingerprint density at radius 1 is 0.889 bits per heavy atom. The van der Waals surface area contributed by atoms with Gasteiger partial charge in [0.05, 0.1) is 0 Å². The highest BCUT2D eigenvalue weighted by atomic mass is 14.2. The number of hydrogen-bond acceptors (Lipinski definition) is 0. The van der Waals surface area contributed by atoms with Gasteiger partial charge in [0.25, 0.3) is 0 Å². The Hall–Kier alpha value is -1.82. The van der Waals surface area contributed by atoms with Gasteiger partial charge in [-0.05, 0) is 36.0 Å². The Labute approximate surface area is 109 Å². The molecular formula is C18H18. The summed E-state index contributed by atoms with van der Waals surface area (Å²) in [6.45, 7) is 0. The first kappa shape index (κ1) is 11.3. The molecule has 1 aliphatic rings. The molecule has 0 nitrogen and oxygen atoms in total. The van der Waals surface area contributed by atoms with Crippen LogP contribution in [0.15, 0.2) is 60.7 Å². The summed E-state index contributed by atoms with van der Waals surface area (Å²) in [4.78, 5) is 0. The lowest BCUT2D eigenvalue weighted by molar-refractivity contribution is 0.630. The predicted molar refractivity (Wildman–Crippen MR) is 77.6 cm³/mol. The molecule has 18 heavy (non-hydrogen) atoms. The van der Waals surface area contributed by atoms with Crippen molar-refractivity contribution in [2.75, 3.05) is 0 Å². The fourth-order valence-electron chi connectivity index (χ4n) is 2.78. The molecule has 1 atom stereocenters. The number of rotatable bonds is 2. The molecule has 3 rings (SSSR count). The van der Waals surface area contributed by atoms with Gasteiger partial charge in [0, 0.05) is 5.92 Å². The van der Waals surface area contributed by atoms with Crippen LogP contribution < -0.4 is 0 Å². The zero-order chi connectivity index (χ0) is 12.2. The number of allylic oxidation sites excluding steroid dienone is 1. The summed E-state index contributed by atoms with van der Waals surface area (Å²) in [6.07, 6.45) is 8.45. The van der Waals surface area contributed by atoms with Crippen molar-refractivity contribution in [1.29, 1.82) is 0 Å². The summed E-state index contributed by atoms with van der Waals surface area (Å²) < 4.78 is 0. The first-order valence-corrected chi connectivity index (χ1v) is 6.74. The second kappa shape index (κ2) is 5.22. The minimum Gasteiger partial charge on any atom is -0.0764 e. The van der Waals surface area contributed by atoms with E-state index in [1.54, 1.807) is 0 Å². The number of benzene rings is 2. The van der Waals surface area contributed by atoms with Gasteiger partial charge in [0.1, 0.15) is 0 Å². The highest BCUT2D eigenvalue weighted by molar-refractivity contribution is 5.51. The molecule has 0 heterocycles. The van der Waals surface area contributed by atoms with E-state index in [0.717, 1.165) is 0 Å². The third-order valence-electron chi connectivity index (χ3n) is 3.74. The van der Waals surface area contributed by atoms with Crippen molar-refractivity contribution in [2.45, 2.75) is 25.2 Å². The Kier molecular flexibility index (Phi) is 3.27. The van der Waals surface area contributed by atoms with Gasteiger partial charge in [0.2, 0.25) is 0 Å². The number of aryl methyl sites for hydroxylation is 1. The van der Waals surface area contributed by atoms with Gasteiger partial charge < -0.3 is 0 Å². The van der Waals surface area contributed by atoms with Crippen molar-refractivity contribution in [2.24, 2.45) is 0 Å². The standard InChI is InChI=1S/C18H18/c1-2-7-15(8-3-1)13-14-17-11-6-10-16-9-4-5-12-18(16)17/h1-5,7-9,12-14,17H,6,10-11H2. The number of hydrogen-bond donors (Lipinski definition) is 0. The summed E-state index contributed by atoms with van der Waals surface area (Å²) in [6, 6.07) is 19.4. The van der Waals surface area contributed by atoms with E-state index < -0.39 is 0 Å². The normalized spacial score (nSPS) is 18.8. The van der Waals surface area contributed by atoms with Crippen molar-refractivity contribution >= 4 is 6.08 Å². The van der Waals surface area contributed by atoms with Gasteiger partial charge in [-0.1, -0.05) is 66.7 Å². The molecule has 0 bridgehead atoms. The third kappa shape index (κ3) is 2.38. The maximum atomic E-state index is 2.37. The molecule has 0 saturated carbocycles. The molecule has 0 amide bonds. The Morgan fingerprint density at radius 3 is 2.56 bits per heavy atom. The third-order valence-corrected chi connectivity index (χ3v) is 3.74. The second-order valence-electron chi connectivity index (χ2n) is 4.97. The van der Waals surface area contributed by atoms with Gasteiger partial charge in [-0.15, -0.1) is 0 Å². The minimum absolute atomic E-state index is 0.593. The van der Waals surface area contributed by atoms with Gasteiger partial charge in [-0.3, -0.25) is 0 Å². The van der Waals surface area contributed by atoms with Crippen LogP contribution in [0.25, 0.3) is 6.08 Å². The molecule has 0 heteroatoms. The van der Waals surface area contributed by atoms with Crippen LogP contribution in [0, 0.1) is 0 Å². The van der Waals surface area contributed by atoms with Gasteiger partial charge in [-0.2, -0.15) is 0 Å². The van der Waals surface area contributed by atoms with E-state index in [0.29, 0.717) is 5.92 Å². The molecule has 0 saturated heterocycles. The van der Waals surface area contributed by atoms with Crippen LogP contribution in [0.1, 0.15) is 35.4 Å². The molecule has 0 radical (unpaired) electrons. The molecule has 90 valence electrons. The lowest BCUT2D eigenvalue weighted by Crippen LogP contribution is -2.07. The van der Waals surface area contributed by atoms with E-state index in [1.807, 2.05) is 0 Å². The Balaban J connectivity index is 1.85. The monoisotopic (exact) mass is 234 g/mol. The zero-order valence-electron chi connectivity index (χ0n) is 10.5. The van der Waals surface area contributed by atoms with Gasteiger partial charge in [-0.25, -0.2) is 0 Å².